The maximum absolute atomic E-state index is 6.16. The van der Waals surface area contributed by atoms with Gasteiger partial charge in [0.2, 0.25) is 0 Å². The van der Waals surface area contributed by atoms with Gasteiger partial charge in [0.1, 0.15) is 0 Å². The lowest BCUT2D eigenvalue weighted by atomic mass is 9.61. The number of rotatable bonds is 8. The van der Waals surface area contributed by atoms with E-state index in [1.54, 1.807) is 0 Å². The molecule has 0 aromatic carbocycles. The first-order chi connectivity index (χ1) is 8.70. The highest BCUT2D eigenvalue weighted by atomic mass is 16.5. The van der Waals surface area contributed by atoms with Crippen LogP contribution in [0.1, 0.15) is 65.7 Å². The molecule has 0 aliphatic heterocycles. The van der Waals surface area contributed by atoms with Gasteiger partial charge in [0.25, 0.3) is 0 Å². The van der Waals surface area contributed by atoms with Crippen molar-refractivity contribution in [2.45, 2.75) is 77.9 Å². The lowest BCUT2D eigenvalue weighted by molar-refractivity contribution is -0.131. The third-order valence-electron chi connectivity index (χ3n) is 5.45. The second-order valence-electron chi connectivity index (χ2n) is 6.55. The van der Waals surface area contributed by atoms with Crippen molar-refractivity contribution in [3.63, 3.8) is 0 Å². The number of nitrogens with one attached hydrogen (secondary N) is 1. The van der Waals surface area contributed by atoms with Crippen LogP contribution in [0.3, 0.4) is 0 Å². The summed E-state index contributed by atoms with van der Waals surface area (Å²) >= 11 is 0. The van der Waals surface area contributed by atoms with Gasteiger partial charge in [0, 0.05) is 18.1 Å². The minimum atomic E-state index is 0.370. The maximum Gasteiger partial charge on any atom is 0.0658 e. The topological polar surface area (TPSA) is 21.3 Å². The van der Waals surface area contributed by atoms with Crippen molar-refractivity contribution in [3.05, 3.63) is 0 Å². The van der Waals surface area contributed by atoms with E-state index >= 15 is 0 Å². The van der Waals surface area contributed by atoms with Crippen molar-refractivity contribution >= 4 is 0 Å². The fourth-order valence-corrected chi connectivity index (χ4v) is 3.34. The number of ether oxygens (including phenoxy) is 1. The first kappa shape index (κ1) is 14.3. The van der Waals surface area contributed by atoms with E-state index in [-0.39, 0.29) is 0 Å². The van der Waals surface area contributed by atoms with Crippen molar-refractivity contribution in [1.29, 1.82) is 0 Å². The molecule has 2 aliphatic carbocycles. The second kappa shape index (κ2) is 6.38. The van der Waals surface area contributed by atoms with E-state index in [0.717, 1.165) is 19.1 Å². The first-order valence-corrected chi connectivity index (χ1v) is 8.05. The van der Waals surface area contributed by atoms with Gasteiger partial charge in [-0.1, -0.05) is 40.0 Å². The Labute approximate surface area is 113 Å². The van der Waals surface area contributed by atoms with Gasteiger partial charge in [-0.25, -0.2) is 0 Å². The van der Waals surface area contributed by atoms with Gasteiger partial charge >= 0.3 is 0 Å². The molecule has 3 atom stereocenters. The molecule has 2 heteroatoms. The van der Waals surface area contributed by atoms with E-state index in [1.807, 2.05) is 0 Å². The summed E-state index contributed by atoms with van der Waals surface area (Å²) in [5, 5.41) is 3.68. The Morgan fingerprint density at radius 3 is 2.61 bits per heavy atom. The molecule has 1 N–H and O–H groups in total. The molecule has 2 rings (SSSR count). The summed E-state index contributed by atoms with van der Waals surface area (Å²) in [6, 6.07) is 0.677. The fourth-order valence-electron chi connectivity index (χ4n) is 3.34. The SMILES string of the molecule is CCCNC1CC(OCCC2CCC2)C1(C)CC. The zero-order valence-electron chi connectivity index (χ0n) is 12.5. The summed E-state index contributed by atoms with van der Waals surface area (Å²) in [5.41, 5.74) is 0.370. The average molecular weight is 253 g/mol. The normalized spacial score (nSPS) is 36.2. The summed E-state index contributed by atoms with van der Waals surface area (Å²) in [6.45, 7) is 9.09. The molecule has 106 valence electrons. The summed E-state index contributed by atoms with van der Waals surface area (Å²) in [5.74, 6) is 0.979. The van der Waals surface area contributed by atoms with Crippen molar-refractivity contribution in [2.75, 3.05) is 13.2 Å². The quantitative estimate of drug-likeness (QED) is 0.711. The smallest absolute Gasteiger partial charge is 0.0658 e. The van der Waals surface area contributed by atoms with E-state index < -0.39 is 0 Å². The number of hydrogen-bond donors (Lipinski definition) is 1. The molecule has 18 heavy (non-hydrogen) atoms. The Kier molecular flexibility index (Phi) is 5.08. The van der Waals surface area contributed by atoms with Crippen LogP contribution in [0.4, 0.5) is 0 Å². The predicted molar refractivity (Wildman–Crippen MR) is 76.8 cm³/mol. The summed E-state index contributed by atoms with van der Waals surface area (Å²) in [7, 11) is 0. The van der Waals surface area contributed by atoms with Gasteiger partial charge in [-0.2, -0.15) is 0 Å². The minimum absolute atomic E-state index is 0.370. The first-order valence-electron chi connectivity index (χ1n) is 8.05. The van der Waals surface area contributed by atoms with Crippen LogP contribution in [-0.4, -0.2) is 25.3 Å². The van der Waals surface area contributed by atoms with Crippen molar-refractivity contribution < 1.29 is 4.74 Å². The molecule has 0 radical (unpaired) electrons. The van der Waals surface area contributed by atoms with E-state index in [1.165, 1.54) is 44.9 Å². The zero-order valence-corrected chi connectivity index (χ0v) is 12.5. The lowest BCUT2D eigenvalue weighted by Crippen LogP contribution is -2.62. The lowest BCUT2D eigenvalue weighted by Gasteiger charge is -2.54. The van der Waals surface area contributed by atoms with Gasteiger partial charge < -0.3 is 10.1 Å². The number of hydrogen-bond acceptors (Lipinski definition) is 2. The van der Waals surface area contributed by atoms with Crippen LogP contribution in [0.15, 0.2) is 0 Å². The minimum Gasteiger partial charge on any atom is -0.378 e. The Morgan fingerprint density at radius 2 is 2.06 bits per heavy atom. The Morgan fingerprint density at radius 1 is 1.28 bits per heavy atom. The maximum atomic E-state index is 6.16. The molecule has 2 nitrogen and oxygen atoms in total. The Balaban J connectivity index is 1.68. The van der Waals surface area contributed by atoms with Crippen LogP contribution in [0.2, 0.25) is 0 Å². The van der Waals surface area contributed by atoms with Crippen molar-refractivity contribution in [1.82, 2.24) is 5.32 Å². The largest absolute Gasteiger partial charge is 0.378 e. The monoisotopic (exact) mass is 253 g/mol. The zero-order chi connectivity index (χ0) is 13.0. The molecule has 0 heterocycles. The van der Waals surface area contributed by atoms with Crippen LogP contribution in [-0.2, 0) is 4.74 Å². The molecular weight excluding hydrogens is 222 g/mol. The third kappa shape index (κ3) is 2.91. The highest BCUT2D eigenvalue weighted by Crippen LogP contribution is 2.46. The van der Waals surface area contributed by atoms with Crippen LogP contribution in [0, 0.1) is 11.3 Å². The molecule has 0 bridgehead atoms. The molecule has 0 aromatic heterocycles. The van der Waals surface area contributed by atoms with E-state index in [4.69, 9.17) is 4.74 Å². The molecule has 2 fully saturated rings. The van der Waals surface area contributed by atoms with Crippen LogP contribution < -0.4 is 5.32 Å². The highest BCUT2D eigenvalue weighted by Gasteiger charge is 2.50. The van der Waals surface area contributed by atoms with E-state index in [2.05, 4.69) is 26.1 Å². The predicted octanol–water partition coefficient (Wildman–Crippen LogP) is 3.75. The van der Waals surface area contributed by atoms with Crippen molar-refractivity contribution in [3.8, 4) is 0 Å². The highest BCUT2D eigenvalue weighted by molar-refractivity contribution is 5.04. The van der Waals surface area contributed by atoms with E-state index in [0.29, 0.717) is 17.6 Å². The van der Waals surface area contributed by atoms with Crippen LogP contribution in [0.5, 0.6) is 0 Å². The summed E-state index contributed by atoms with van der Waals surface area (Å²) in [4.78, 5) is 0. The standard InChI is InChI=1S/C16H31NO/c1-4-10-17-14-12-15(16(14,3)5-2)18-11-9-13-7-6-8-13/h13-15,17H,4-12H2,1-3H3. The van der Waals surface area contributed by atoms with Gasteiger partial charge in [-0.05, 0) is 38.1 Å². The van der Waals surface area contributed by atoms with Gasteiger partial charge in [-0.3, -0.25) is 0 Å². The Hall–Kier alpha value is -0.0800. The van der Waals surface area contributed by atoms with E-state index in [9.17, 15) is 0 Å². The van der Waals surface area contributed by atoms with Gasteiger partial charge in [-0.15, -0.1) is 0 Å². The summed E-state index contributed by atoms with van der Waals surface area (Å²) < 4.78 is 6.16. The fraction of sp³-hybridized carbons (Fsp3) is 1.00. The summed E-state index contributed by atoms with van der Waals surface area (Å²) in [6.07, 6.45) is 9.80. The van der Waals surface area contributed by atoms with Crippen LogP contribution >= 0.6 is 0 Å². The van der Waals surface area contributed by atoms with Crippen molar-refractivity contribution in [2.24, 2.45) is 11.3 Å². The molecule has 0 spiro atoms. The van der Waals surface area contributed by atoms with Crippen LogP contribution in [0.25, 0.3) is 0 Å². The molecule has 0 aromatic rings. The molecule has 0 saturated heterocycles. The molecule has 0 amide bonds. The third-order valence-corrected chi connectivity index (χ3v) is 5.45. The molecular formula is C16H31NO. The second-order valence-corrected chi connectivity index (χ2v) is 6.55. The van der Waals surface area contributed by atoms with Gasteiger partial charge in [0.05, 0.1) is 6.10 Å². The van der Waals surface area contributed by atoms with Gasteiger partial charge in [0.15, 0.2) is 0 Å². The average Bonchev–Trinajstić information content (AvgIpc) is 2.32. The molecule has 3 unspecified atom stereocenters. The molecule has 2 saturated carbocycles. The molecule has 2 aliphatic rings. The Bertz CT molecular complexity index is 251.